The van der Waals surface area contributed by atoms with E-state index in [0.717, 1.165) is 0 Å². The zero-order valence-corrected chi connectivity index (χ0v) is 11.4. The molecule has 0 aliphatic carbocycles. The maximum atomic E-state index is 12.4. The first kappa shape index (κ1) is 13.8. The van der Waals surface area contributed by atoms with Gasteiger partial charge in [-0.2, -0.15) is 0 Å². The second kappa shape index (κ2) is 5.59. The summed E-state index contributed by atoms with van der Waals surface area (Å²) in [5.41, 5.74) is 6.00. The molecule has 6 heteroatoms. The van der Waals surface area contributed by atoms with Crippen LogP contribution in [0.1, 0.15) is 6.42 Å². The van der Waals surface area contributed by atoms with E-state index in [1.807, 2.05) is 12.1 Å². The van der Waals surface area contributed by atoms with Crippen LogP contribution in [-0.2, 0) is 9.59 Å². The van der Waals surface area contributed by atoms with Crippen molar-refractivity contribution < 1.29 is 9.59 Å². The van der Waals surface area contributed by atoms with Crippen LogP contribution in [0.5, 0.6) is 0 Å². The van der Waals surface area contributed by atoms with Gasteiger partial charge < -0.3 is 15.5 Å². The predicted octanol–water partition coefficient (Wildman–Crippen LogP) is 0.862. The van der Waals surface area contributed by atoms with Crippen molar-refractivity contribution in [2.24, 2.45) is 5.73 Å². The molecule has 0 aromatic heterocycles. The van der Waals surface area contributed by atoms with Crippen LogP contribution in [0.15, 0.2) is 24.3 Å². The molecule has 1 unspecified atom stereocenters. The summed E-state index contributed by atoms with van der Waals surface area (Å²) < 4.78 is 0. The van der Waals surface area contributed by atoms with Gasteiger partial charge in [-0.25, -0.2) is 0 Å². The molecule has 2 rings (SSSR count). The monoisotopic (exact) mass is 281 g/mol. The molecule has 0 spiro atoms. The predicted molar refractivity (Wildman–Crippen MR) is 74.0 cm³/mol. The van der Waals surface area contributed by atoms with Gasteiger partial charge >= 0.3 is 0 Å². The van der Waals surface area contributed by atoms with Gasteiger partial charge in [0.1, 0.15) is 6.04 Å². The van der Waals surface area contributed by atoms with Crippen LogP contribution >= 0.6 is 11.6 Å². The highest BCUT2D eigenvalue weighted by molar-refractivity contribution is 6.34. The van der Waals surface area contributed by atoms with Crippen molar-refractivity contribution in [3.63, 3.8) is 0 Å². The number of nitrogens with zero attached hydrogens (tertiary/aromatic N) is 2. The number of anilines is 1. The topological polar surface area (TPSA) is 66.6 Å². The van der Waals surface area contributed by atoms with Crippen molar-refractivity contribution in [2.75, 3.05) is 25.0 Å². The number of hydrogen-bond donors (Lipinski definition) is 1. The number of nitrogens with two attached hydrogens (primary N) is 1. The Morgan fingerprint density at radius 1 is 1.53 bits per heavy atom. The molecule has 1 heterocycles. The highest BCUT2D eigenvalue weighted by Gasteiger charge is 2.37. The fraction of sp³-hybridized carbons (Fsp3) is 0.385. The van der Waals surface area contributed by atoms with E-state index in [1.54, 1.807) is 24.1 Å². The number of halogens is 1. The van der Waals surface area contributed by atoms with Crippen LogP contribution in [0.4, 0.5) is 5.69 Å². The Morgan fingerprint density at radius 2 is 2.21 bits per heavy atom. The third-order valence-corrected chi connectivity index (χ3v) is 3.68. The third-order valence-electron chi connectivity index (χ3n) is 3.36. The van der Waals surface area contributed by atoms with Crippen LogP contribution in [0.25, 0.3) is 0 Å². The molecule has 1 aromatic rings. The zero-order chi connectivity index (χ0) is 14.0. The summed E-state index contributed by atoms with van der Waals surface area (Å²) in [6, 6.07) is 6.73. The number of carbonyl (C=O) groups is 2. The zero-order valence-electron chi connectivity index (χ0n) is 10.7. The van der Waals surface area contributed by atoms with Gasteiger partial charge in [-0.3, -0.25) is 9.59 Å². The maximum absolute atomic E-state index is 12.4. The Hall–Kier alpha value is -1.59. The lowest BCUT2D eigenvalue weighted by Crippen LogP contribution is -2.45. The van der Waals surface area contributed by atoms with Crippen molar-refractivity contribution in [1.82, 2.24) is 4.90 Å². The molecular formula is C13H16ClN3O2. The van der Waals surface area contributed by atoms with E-state index >= 15 is 0 Å². The molecule has 0 radical (unpaired) electrons. The van der Waals surface area contributed by atoms with Gasteiger partial charge in [0.15, 0.2) is 0 Å². The van der Waals surface area contributed by atoms with Gasteiger partial charge in [-0.05, 0) is 18.6 Å². The minimum absolute atomic E-state index is 0.0909. The Labute approximate surface area is 116 Å². The number of para-hydroxylation sites is 1. The van der Waals surface area contributed by atoms with Crippen molar-refractivity contribution in [3.8, 4) is 0 Å². The molecular weight excluding hydrogens is 266 g/mol. The molecule has 2 amide bonds. The Morgan fingerprint density at radius 3 is 2.84 bits per heavy atom. The lowest BCUT2D eigenvalue weighted by molar-refractivity contribution is -0.135. The third kappa shape index (κ3) is 2.57. The van der Waals surface area contributed by atoms with E-state index in [2.05, 4.69) is 0 Å². The van der Waals surface area contributed by atoms with E-state index in [9.17, 15) is 9.59 Å². The molecule has 1 atom stereocenters. The van der Waals surface area contributed by atoms with Gasteiger partial charge in [0.2, 0.25) is 11.8 Å². The average molecular weight is 282 g/mol. The highest BCUT2D eigenvalue weighted by Crippen LogP contribution is 2.30. The summed E-state index contributed by atoms with van der Waals surface area (Å²) in [7, 11) is 1.61. The van der Waals surface area contributed by atoms with Crippen LogP contribution in [0.3, 0.4) is 0 Å². The van der Waals surface area contributed by atoms with Crippen LogP contribution in [0.2, 0.25) is 5.02 Å². The summed E-state index contributed by atoms with van der Waals surface area (Å²) in [5.74, 6) is -0.350. The number of benzene rings is 1. The highest BCUT2D eigenvalue weighted by atomic mass is 35.5. The van der Waals surface area contributed by atoms with E-state index in [-0.39, 0.29) is 18.4 Å². The average Bonchev–Trinajstić information content (AvgIpc) is 2.79. The SMILES string of the molecule is CN(C(=O)CN)C1CCN(c2ccccc2Cl)C1=O. The fourth-order valence-electron chi connectivity index (χ4n) is 2.25. The van der Waals surface area contributed by atoms with E-state index in [4.69, 9.17) is 17.3 Å². The molecule has 1 aliphatic rings. The summed E-state index contributed by atoms with van der Waals surface area (Å²) in [6.45, 7) is 0.460. The summed E-state index contributed by atoms with van der Waals surface area (Å²) in [6.07, 6.45) is 0.590. The van der Waals surface area contributed by atoms with E-state index in [1.165, 1.54) is 4.90 Å². The molecule has 0 bridgehead atoms. The molecule has 1 saturated heterocycles. The van der Waals surface area contributed by atoms with Crippen molar-refractivity contribution in [3.05, 3.63) is 29.3 Å². The number of amides is 2. The van der Waals surface area contributed by atoms with Crippen LogP contribution < -0.4 is 10.6 Å². The van der Waals surface area contributed by atoms with Gasteiger partial charge in [0.25, 0.3) is 0 Å². The molecule has 1 fully saturated rings. The minimum atomic E-state index is -0.452. The van der Waals surface area contributed by atoms with Crippen molar-refractivity contribution >= 4 is 29.1 Å². The Bertz CT molecular complexity index is 506. The molecule has 5 nitrogen and oxygen atoms in total. The van der Waals surface area contributed by atoms with Gasteiger partial charge in [-0.15, -0.1) is 0 Å². The first-order valence-corrected chi connectivity index (χ1v) is 6.45. The quantitative estimate of drug-likeness (QED) is 0.894. The number of hydrogen-bond acceptors (Lipinski definition) is 3. The maximum Gasteiger partial charge on any atom is 0.249 e. The van der Waals surface area contributed by atoms with Crippen molar-refractivity contribution in [2.45, 2.75) is 12.5 Å². The van der Waals surface area contributed by atoms with E-state index in [0.29, 0.717) is 23.7 Å². The molecule has 1 aromatic carbocycles. The van der Waals surface area contributed by atoms with Crippen molar-refractivity contribution in [1.29, 1.82) is 0 Å². The summed E-state index contributed by atoms with van der Waals surface area (Å²) in [4.78, 5) is 26.9. The number of carbonyl (C=O) groups excluding carboxylic acids is 2. The lowest BCUT2D eigenvalue weighted by Gasteiger charge is -2.23. The Balaban J connectivity index is 2.19. The van der Waals surface area contributed by atoms with Crippen LogP contribution in [-0.4, -0.2) is 42.9 Å². The molecule has 0 saturated carbocycles. The second-order valence-electron chi connectivity index (χ2n) is 4.45. The second-order valence-corrected chi connectivity index (χ2v) is 4.86. The van der Waals surface area contributed by atoms with Gasteiger partial charge in [0, 0.05) is 13.6 Å². The first-order chi connectivity index (χ1) is 9.06. The largest absolute Gasteiger partial charge is 0.333 e. The fourth-order valence-corrected chi connectivity index (χ4v) is 2.49. The Kier molecular flexibility index (Phi) is 4.07. The van der Waals surface area contributed by atoms with Gasteiger partial charge in [-0.1, -0.05) is 23.7 Å². The normalized spacial score (nSPS) is 18.8. The van der Waals surface area contributed by atoms with E-state index < -0.39 is 6.04 Å². The molecule has 1 aliphatic heterocycles. The minimum Gasteiger partial charge on any atom is -0.333 e. The lowest BCUT2D eigenvalue weighted by atomic mass is 10.2. The molecule has 102 valence electrons. The standard InChI is InChI=1S/C13H16ClN3O2/c1-16(12(18)8-15)11-6-7-17(13(11)19)10-5-3-2-4-9(10)14/h2-5,11H,6-8,15H2,1H3. The molecule has 2 N–H and O–H groups in total. The first-order valence-electron chi connectivity index (χ1n) is 6.08. The van der Waals surface area contributed by atoms with Gasteiger partial charge in [0.05, 0.1) is 17.3 Å². The molecule has 19 heavy (non-hydrogen) atoms. The number of rotatable bonds is 3. The summed E-state index contributed by atoms with van der Waals surface area (Å²) in [5, 5.41) is 0.532. The summed E-state index contributed by atoms with van der Waals surface area (Å²) >= 11 is 6.09. The smallest absolute Gasteiger partial charge is 0.249 e. The number of likely N-dealkylation sites (N-methyl/N-ethyl adjacent to an activating group) is 1. The van der Waals surface area contributed by atoms with Crippen LogP contribution in [0, 0.1) is 0 Å².